The molecule has 5 heteroatoms. The van der Waals surface area contributed by atoms with Gasteiger partial charge in [0.15, 0.2) is 0 Å². The fourth-order valence-corrected chi connectivity index (χ4v) is 3.04. The highest BCUT2D eigenvalue weighted by Crippen LogP contribution is 2.24. The van der Waals surface area contributed by atoms with Crippen molar-refractivity contribution in [3.05, 3.63) is 94.5 Å². The van der Waals surface area contributed by atoms with Crippen LogP contribution in [0, 0.1) is 0 Å². The Morgan fingerprint density at radius 1 is 1.00 bits per heavy atom. The molecule has 0 heterocycles. The molecule has 4 nitrogen and oxygen atoms in total. The number of halogens is 1. The first-order chi connectivity index (χ1) is 14.1. The second kappa shape index (κ2) is 10.5. The van der Waals surface area contributed by atoms with Crippen molar-refractivity contribution in [3.8, 4) is 11.5 Å². The number of anilines is 1. The van der Waals surface area contributed by atoms with Crippen molar-refractivity contribution in [2.24, 2.45) is 0 Å². The number of amides is 1. The number of ether oxygens (including phenoxy) is 2. The Labute approximate surface area is 179 Å². The molecule has 29 heavy (non-hydrogen) atoms. The number of hydrogen-bond donors (Lipinski definition) is 1. The number of rotatable bonds is 8. The average Bonchev–Trinajstić information content (AvgIpc) is 2.74. The van der Waals surface area contributed by atoms with E-state index in [2.05, 4.69) is 21.2 Å². The van der Waals surface area contributed by atoms with Crippen molar-refractivity contribution < 1.29 is 14.3 Å². The van der Waals surface area contributed by atoms with Gasteiger partial charge in [0.25, 0.3) is 0 Å². The second-order valence-corrected chi connectivity index (χ2v) is 7.15. The zero-order valence-electron chi connectivity index (χ0n) is 16.1. The number of nitrogens with one attached hydrogen (secondary N) is 1. The molecule has 0 saturated heterocycles. The van der Waals surface area contributed by atoms with E-state index < -0.39 is 0 Å². The van der Waals surface area contributed by atoms with Crippen LogP contribution in [0.25, 0.3) is 6.08 Å². The molecule has 148 valence electrons. The van der Waals surface area contributed by atoms with E-state index in [4.69, 9.17) is 9.47 Å². The summed E-state index contributed by atoms with van der Waals surface area (Å²) in [7, 11) is 0. The molecule has 1 N–H and O–H groups in total. The predicted octanol–water partition coefficient (Wildman–Crippen LogP) is 6.08. The van der Waals surface area contributed by atoms with Crippen molar-refractivity contribution in [2.75, 3.05) is 11.9 Å². The number of benzene rings is 3. The topological polar surface area (TPSA) is 47.6 Å². The van der Waals surface area contributed by atoms with E-state index in [1.54, 1.807) is 6.08 Å². The van der Waals surface area contributed by atoms with Crippen molar-refractivity contribution in [2.45, 2.75) is 13.5 Å². The number of hydrogen-bond acceptors (Lipinski definition) is 3. The molecule has 0 spiro atoms. The maximum Gasteiger partial charge on any atom is 0.248 e. The van der Waals surface area contributed by atoms with Crippen LogP contribution in [-0.4, -0.2) is 12.5 Å². The van der Waals surface area contributed by atoms with Gasteiger partial charge in [0.1, 0.15) is 18.1 Å². The molecule has 3 rings (SSSR count). The Kier molecular flexibility index (Phi) is 7.47. The first-order valence-corrected chi connectivity index (χ1v) is 10.1. The summed E-state index contributed by atoms with van der Waals surface area (Å²) in [6, 6.07) is 23.0. The SMILES string of the molecule is CCOc1ccc(Br)cc1C=CC(=O)Nc1ccc(OCc2ccccc2)cc1. The van der Waals surface area contributed by atoms with Gasteiger partial charge in [-0.25, -0.2) is 0 Å². The van der Waals surface area contributed by atoms with E-state index >= 15 is 0 Å². The highest BCUT2D eigenvalue weighted by atomic mass is 79.9. The average molecular weight is 452 g/mol. The molecular formula is C24H22BrNO3. The smallest absolute Gasteiger partial charge is 0.248 e. The Morgan fingerprint density at radius 3 is 2.48 bits per heavy atom. The van der Waals surface area contributed by atoms with Crippen molar-refractivity contribution in [1.29, 1.82) is 0 Å². The maximum atomic E-state index is 12.3. The quantitative estimate of drug-likeness (QED) is 0.422. The molecule has 0 radical (unpaired) electrons. The van der Waals surface area contributed by atoms with Crippen LogP contribution in [0.5, 0.6) is 11.5 Å². The lowest BCUT2D eigenvalue weighted by Crippen LogP contribution is -2.07. The molecule has 0 aliphatic heterocycles. The van der Waals surface area contributed by atoms with Crippen LogP contribution in [-0.2, 0) is 11.4 Å². The molecule has 0 aliphatic rings. The van der Waals surface area contributed by atoms with Gasteiger partial charge in [0, 0.05) is 21.8 Å². The normalized spacial score (nSPS) is 10.7. The first kappa shape index (κ1) is 20.7. The van der Waals surface area contributed by atoms with E-state index in [1.807, 2.05) is 79.7 Å². The van der Waals surface area contributed by atoms with Crippen LogP contribution < -0.4 is 14.8 Å². The Hall–Kier alpha value is -3.05. The van der Waals surface area contributed by atoms with Gasteiger partial charge in [0.05, 0.1) is 6.61 Å². The highest BCUT2D eigenvalue weighted by molar-refractivity contribution is 9.10. The molecule has 0 aromatic heterocycles. The minimum Gasteiger partial charge on any atom is -0.493 e. The highest BCUT2D eigenvalue weighted by Gasteiger charge is 2.04. The summed E-state index contributed by atoms with van der Waals surface area (Å²) in [5.74, 6) is 1.27. The van der Waals surface area contributed by atoms with Crippen LogP contribution >= 0.6 is 15.9 Å². The Bertz CT molecular complexity index is 969. The largest absolute Gasteiger partial charge is 0.493 e. The lowest BCUT2D eigenvalue weighted by Gasteiger charge is -2.08. The minimum absolute atomic E-state index is 0.217. The Morgan fingerprint density at radius 2 is 1.76 bits per heavy atom. The first-order valence-electron chi connectivity index (χ1n) is 9.32. The molecule has 3 aromatic rings. The van der Waals surface area contributed by atoms with Crippen molar-refractivity contribution in [3.63, 3.8) is 0 Å². The second-order valence-electron chi connectivity index (χ2n) is 6.24. The van der Waals surface area contributed by atoms with Gasteiger partial charge in [-0.2, -0.15) is 0 Å². The number of carbonyl (C=O) groups is 1. The molecular weight excluding hydrogens is 430 g/mol. The van der Waals surface area contributed by atoms with Gasteiger partial charge >= 0.3 is 0 Å². The molecule has 0 atom stereocenters. The van der Waals surface area contributed by atoms with Gasteiger partial charge in [-0.15, -0.1) is 0 Å². The van der Waals surface area contributed by atoms with Crippen LogP contribution in [0.15, 0.2) is 83.3 Å². The summed E-state index contributed by atoms with van der Waals surface area (Å²) >= 11 is 3.44. The summed E-state index contributed by atoms with van der Waals surface area (Å²) in [5, 5.41) is 2.85. The molecule has 0 aliphatic carbocycles. The fourth-order valence-electron chi connectivity index (χ4n) is 2.66. The molecule has 0 bridgehead atoms. The maximum absolute atomic E-state index is 12.3. The standard InChI is InChI=1S/C24H22BrNO3/c1-2-28-23-14-9-20(25)16-19(23)8-15-24(27)26-21-10-12-22(13-11-21)29-17-18-6-4-3-5-7-18/h3-16H,2,17H2,1H3,(H,26,27). The lowest BCUT2D eigenvalue weighted by molar-refractivity contribution is -0.111. The summed E-state index contributed by atoms with van der Waals surface area (Å²) in [6.45, 7) is 2.99. The monoisotopic (exact) mass is 451 g/mol. The summed E-state index contributed by atoms with van der Waals surface area (Å²) in [6.07, 6.45) is 3.23. The van der Waals surface area contributed by atoms with Crippen LogP contribution in [0.2, 0.25) is 0 Å². The van der Waals surface area contributed by atoms with E-state index in [0.29, 0.717) is 18.9 Å². The van der Waals surface area contributed by atoms with E-state index in [1.165, 1.54) is 6.08 Å². The lowest BCUT2D eigenvalue weighted by atomic mass is 10.2. The van der Waals surface area contributed by atoms with E-state index in [-0.39, 0.29) is 5.91 Å². The van der Waals surface area contributed by atoms with Gasteiger partial charge in [-0.05, 0) is 61.0 Å². The van der Waals surface area contributed by atoms with Gasteiger partial charge in [-0.1, -0.05) is 46.3 Å². The van der Waals surface area contributed by atoms with E-state index in [9.17, 15) is 4.79 Å². The van der Waals surface area contributed by atoms with Crippen molar-refractivity contribution >= 4 is 33.6 Å². The number of carbonyl (C=O) groups excluding carboxylic acids is 1. The third-order valence-electron chi connectivity index (χ3n) is 4.06. The Balaban J connectivity index is 1.57. The molecule has 0 fully saturated rings. The third-order valence-corrected chi connectivity index (χ3v) is 4.55. The third kappa shape index (κ3) is 6.50. The summed E-state index contributed by atoms with van der Waals surface area (Å²) in [4.78, 5) is 12.3. The predicted molar refractivity (Wildman–Crippen MR) is 120 cm³/mol. The molecule has 1 amide bonds. The molecule has 3 aromatic carbocycles. The van der Waals surface area contributed by atoms with Gasteiger partial charge in [0.2, 0.25) is 5.91 Å². The van der Waals surface area contributed by atoms with Gasteiger partial charge in [-0.3, -0.25) is 4.79 Å². The summed E-state index contributed by atoms with van der Waals surface area (Å²) in [5.41, 5.74) is 2.64. The summed E-state index contributed by atoms with van der Waals surface area (Å²) < 4.78 is 12.3. The van der Waals surface area contributed by atoms with Crippen LogP contribution in [0.1, 0.15) is 18.1 Å². The van der Waals surface area contributed by atoms with Crippen LogP contribution in [0.4, 0.5) is 5.69 Å². The minimum atomic E-state index is -0.217. The molecule has 0 saturated carbocycles. The molecule has 0 unspecified atom stereocenters. The zero-order valence-corrected chi connectivity index (χ0v) is 17.7. The zero-order chi connectivity index (χ0) is 20.5. The van der Waals surface area contributed by atoms with Crippen LogP contribution in [0.3, 0.4) is 0 Å². The fraction of sp³-hybridized carbons (Fsp3) is 0.125. The van der Waals surface area contributed by atoms with Crippen molar-refractivity contribution in [1.82, 2.24) is 0 Å². The van der Waals surface area contributed by atoms with E-state index in [0.717, 1.165) is 27.1 Å². The van der Waals surface area contributed by atoms with Gasteiger partial charge < -0.3 is 14.8 Å².